The van der Waals surface area contributed by atoms with Gasteiger partial charge in [-0.15, -0.1) is 0 Å². The number of aromatic carboxylic acids is 1. The SMILES string of the molecule is O=C(O)c1nc(-n2ccnc2)cc2cc[nH]c12. The molecule has 17 heavy (non-hydrogen) atoms. The van der Waals surface area contributed by atoms with Crippen molar-refractivity contribution in [1.82, 2.24) is 19.5 Å². The molecule has 0 saturated carbocycles. The Morgan fingerprint density at radius 2 is 2.35 bits per heavy atom. The Morgan fingerprint density at radius 1 is 1.47 bits per heavy atom. The van der Waals surface area contributed by atoms with Gasteiger partial charge in [0.2, 0.25) is 0 Å². The molecule has 3 aromatic heterocycles. The number of aromatic amines is 1. The van der Waals surface area contributed by atoms with Gasteiger partial charge in [0.05, 0.1) is 5.52 Å². The number of carboxylic acid groups (broad SMARTS) is 1. The Bertz CT molecular complexity index is 685. The van der Waals surface area contributed by atoms with E-state index in [4.69, 9.17) is 5.11 Å². The summed E-state index contributed by atoms with van der Waals surface area (Å²) >= 11 is 0. The average molecular weight is 228 g/mol. The molecule has 0 spiro atoms. The van der Waals surface area contributed by atoms with E-state index in [1.54, 1.807) is 35.6 Å². The topological polar surface area (TPSA) is 83.8 Å². The van der Waals surface area contributed by atoms with Gasteiger partial charge < -0.3 is 10.1 Å². The molecule has 3 heterocycles. The highest BCUT2D eigenvalue weighted by Gasteiger charge is 2.13. The van der Waals surface area contributed by atoms with Crippen molar-refractivity contribution >= 4 is 16.9 Å². The van der Waals surface area contributed by atoms with Gasteiger partial charge in [-0.3, -0.25) is 4.57 Å². The molecule has 0 fully saturated rings. The van der Waals surface area contributed by atoms with Gasteiger partial charge in [-0.25, -0.2) is 14.8 Å². The zero-order chi connectivity index (χ0) is 11.8. The molecule has 0 saturated heterocycles. The lowest BCUT2D eigenvalue weighted by Crippen LogP contribution is -2.05. The lowest BCUT2D eigenvalue weighted by atomic mass is 10.2. The van der Waals surface area contributed by atoms with Gasteiger partial charge in [0.1, 0.15) is 12.1 Å². The number of pyridine rings is 1. The molecule has 0 aliphatic rings. The first-order chi connectivity index (χ1) is 8.25. The van der Waals surface area contributed by atoms with E-state index in [1.807, 2.05) is 6.07 Å². The van der Waals surface area contributed by atoms with Crippen LogP contribution in [0.4, 0.5) is 0 Å². The minimum atomic E-state index is -1.06. The number of hydrogen-bond donors (Lipinski definition) is 2. The largest absolute Gasteiger partial charge is 0.476 e. The van der Waals surface area contributed by atoms with Gasteiger partial charge >= 0.3 is 5.97 Å². The lowest BCUT2D eigenvalue weighted by molar-refractivity contribution is 0.0692. The summed E-state index contributed by atoms with van der Waals surface area (Å²) < 4.78 is 1.67. The zero-order valence-corrected chi connectivity index (χ0v) is 8.66. The molecule has 6 heteroatoms. The highest BCUT2D eigenvalue weighted by Crippen LogP contribution is 2.19. The van der Waals surface area contributed by atoms with E-state index < -0.39 is 5.97 Å². The van der Waals surface area contributed by atoms with Gasteiger partial charge in [-0.2, -0.15) is 0 Å². The maximum absolute atomic E-state index is 11.1. The number of aromatic nitrogens is 4. The second-order valence-corrected chi connectivity index (χ2v) is 3.55. The van der Waals surface area contributed by atoms with Crippen LogP contribution in [-0.2, 0) is 0 Å². The van der Waals surface area contributed by atoms with Crippen LogP contribution in [0, 0.1) is 0 Å². The van der Waals surface area contributed by atoms with Crippen LogP contribution in [0.2, 0.25) is 0 Å². The van der Waals surface area contributed by atoms with E-state index in [1.165, 1.54) is 0 Å². The fourth-order valence-corrected chi connectivity index (χ4v) is 1.73. The molecule has 3 aromatic rings. The van der Waals surface area contributed by atoms with Crippen molar-refractivity contribution in [3.8, 4) is 5.82 Å². The van der Waals surface area contributed by atoms with Crippen molar-refractivity contribution in [1.29, 1.82) is 0 Å². The Balaban J connectivity index is 2.31. The summed E-state index contributed by atoms with van der Waals surface area (Å²) in [4.78, 5) is 22.0. The second-order valence-electron chi connectivity index (χ2n) is 3.55. The molecule has 0 aromatic carbocycles. The molecule has 2 N–H and O–H groups in total. The molecule has 0 aliphatic carbocycles. The quantitative estimate of drug-likeness (QED) is 0.695. The Kier molecular flexibility index (Phi) is 1.94. The van der Waals surface area contributed by atoms with Crippen LogP contribution in [0.1, 0.15) is 10.5 Å². The monoisotopic (exact) mass is 228 g/mol. The molecule has 0 radical (unpaired) electrons. The number of nitrogens with one attached hydrogen (secondary N) is 1. The summed E-state index contributed by atoms with van der Waals surface area (Å²) in [5.41, 5.74) is 0.539. The number of hydrogen-bond acceptors (Lipinski definition) is 3. The van der Waals surface area contributed by atoms with Crippen LogP contribution in [-0.4, -0.2) is 30.6 Å². The third kappa shape index (κ3) is 1.46. The highest BCUT2D eigenvalue weighted by atomic mass is 16.4. The van der Waals surface area contributed by atoms with Crippen molar-refractivity contribution in [3.05, 3.63) is 42.7 Å². The third-order valence-electron chi connectivity index (χ3n) is 2.50. The predicted molar refractivity (Wildman–Crippen MR) is 60.2 cm³/mol. The molecule has 0 aliphatic heterocycles. The Labute approximate surface area is 95.6 Å². The number of carboxylic acids is 1. The van der Waals surface area contributed by atoms with Crippen molar-refractivity contribution in [2.45, 2.75) is 0 Å². The van der Waals surface area contributed by atoms with Crippen LogP contribution >= 0.6 is 0 Å². The van der Waals surface area contributed by atoms with E-state index in [-0.39, 0.29) is 5.69 Å². The number of rotatable bonds is 2. The van der Waals surface area contributed by atoms with Gasteiger partial charge in [0, 0.05) is 24.0 Å². The fraction of sp³-hybridized carbons (Fsp3) is 0. The first-order valence-corrected chi connectivity index (χ1v) is 4.95. The third-order valence-corrected chi connectivity index (χ3v) is 2.50. The summed E-state index contributed by atoms with van der Waals surface area (Å²) in [5.74, 6) is -0.522. The normalized spacial score (nSPS) is 10.8. The molecule has 0 unspecified atom stereocenters. The summed E-state index contributed by atoms with van der Waals surface area (Å²) in [7, 11) is 0. The summed E-state index contributed by atoms with van der Waals surface area (Å²) in [6.07, 6.45) is 6.60. The zero-order valence-electron chi connectivity index (χ0n) is 8.66. The van der Waals surface area contributed by atoms with Crippen LogP contribution < -0.4 is 0 Å². The molecule has 0 amide bonds. The lowest BCUT2D eigenvalue weighted by Gasteiger charge is -2.03. The molecular formula is C11H8N4O2. The first kappa shape index (κ1) is 9.59. The van der Waals surface area contributed by atoms with Crippen molar-refractivity contribution < 1.29 is 9.90 Å². The van der Waals surface area contributed by atoms with Gasteiger partial charge in [-0.1, -0.05) is 0 Å². The first-order valence-electron chi connectivity index (χ1n) is 4.95. The predicted octanol–water partition coefficient (Wildman–Crippen LogP) is 1.45. The molecule has 0 bridgehead atoms. The highest BCUT2D eigenvalue weighted by molar-refractivity contribution is 6.00. The van der Waals surface area contributed by atoms with E-state index in [0.29, 0.717) is 11.3 Å². The molecule has 84 valence electrons. The van der Waals surface area contributed by atoms with E-state index in [0.717, 1.165) is 5.39 Å². The van der Waals surface area contributed by atoms with Crippen LogP contribution in [0.3, 0.4) is 0 Å². The molecule has 6 nitrogen and oxygen atoms in total. The number of carbonyl (C=O) groups is 1. The second kappa shape index (κ2) is 3.44. The minimum Gasteiger partial charge on any atom is -0.476 e. The number of imidazole rings is 1. The molecule has 0 atom stereocenters. The number of nitrogens with zero attached hydrogens (tertiary/aromatic N) is 3. The van der Waals surface area contributed by atoms with Gasteiger partial charge in [0.25, 0.3) is 0 Å². The van der Waals surface area contributed by atoms with Gasteiger partial charge in [0.15, 0.2) is 5.69 Å². The number of H-pyrrole nitrogens is 1. The van der Waals surface area contributed by atoms with E-state index in [9.17, 15) is 4.79 Å². The van der Waals surface area contributed by atoms with Crippen LogP contribution in [0.5, 0.6) is 0 Å². The summed E-state index contributed by atoms with van der Waals surface area (Å²) in [6.45, 7) is 0. The average Bonchev–Trinajstić information content (AvgIpc) is 2.98. The van der Waals surface area contributed by atoms with E-state index >= 15 is 0 Å². The smallest absolute Gasteiger partial charge is 0.356 e. The van der Waals surface area contributed by atoms with Crippen molar-refractivity contribution in [2.24, 2.45) is 0 Å². The number of fused-ring (bicyclic) bond motifs is 1. The Morgan fingerprint density at radius 3 is 3.06 bits per heavy atom. The maximum Gasteiger partial charge on any atom is 0.356 e. The van der Waals surface area contributed by atoms with E-state index in [2.05, 4.69) is 15.0 Å². The van der Waals surface area contributed by atoms with Crippen molar-refractivity contribution in [2.75, 3.05) is 0 Å². The molecule has 3 rings (SSSR count). The van der Waals surface area contributed by atoms with Crippen LogP contribution in [0.15, 0.2) is 37.1 Å². The molecular weight excluding hydrogens is 220 g/mol. The van der Waals surface area contributed by atoms with Gasteiger partial charge in [-0.05, 0) is 12.1 Å². The standard InChI is InChI=1S/C11H8N4O2/c16-11(17)10-9-7(1-2-13-9)5-8(14-10)15-4-3-12-6-15/h1-6,13H,(H,16,17). The fourth-order valence-electron chi connectivity index (χ4n) is 1.73. The minimum absolute atomic E-state index is 0.0104. The van der Waals surface area contributed by atoms with Crippen molar-refractivity contribution in [3.63, 3.8) is 0 Å². The van der Waals surface area contributed by atoms with Crippen LogP contribution in [0.25, 0.3) is 16.7 Å². The Hall–Kier alpha value is -2.63. The maximum atomic E-state index is 11.1. The summed E-state index contributed by atoms with van der Waals surface area (Å²) in [6, 6.07) is 3.61. The summed E-state index contributed by atoms with van der Waals surface area (Å²) in [5, 5.41) is 9.92.